The lowest BCUT2D eigenvalue weighted by Crippen LogP contribution is -2.34. The maximum atomic E-state index is 12.2. The first kappa shape index (κ1) is 17.5. The van der Waals surface area contributed by atoms with E-state index >= 15 is 0 Å². The summed E-state index contributed by atoms with van der Waals surface area (Å²) in [6.45, 7) is 3.11. The number of nitrogens with one attached hydrogen (secondary N) is 3. The van der Waals surface area contributed by atoms with E-state index in [0.29, 0.717) is 22.8 Å². The monoisotopic (exact) mass is 353 g/mol. The van der Waals surface area contributed by atoms with Gasteiger partial charge in [0.1, 0.15) is 5.75 Å². The topological polar surface area (TPSA) is 96.5 Å². The molecule has 1 aliphatic heterocycles. The van der Waals surface area contributed by atoms with Crippen molar-refractivity contribution in [2.24, 2.45) is 0 Å². The van der Waals surface area contributed by atoms with Crippen molar-refractivity contribution < 1.29 is 19.1 Å². The molecule has 0 aromatic heterocycles. The van der Waals surface area contributed by atoms with Crippen molar-refractivity contribution in [2.45, 2.75) is 26.4 Å². The molecule has 7 nitrogen and oxygen atoms in total. The van der Waals surface area contributed by atoms with Gasteiger partial charge in [-0.2, -0.15) is 0 Å². The Hall–Kier alpha value is -3.35. The van der Waals surface area contributed by atoms with Gasteiger partial charge in [0.05, 0.1) is 12.1 Å². The van der Waals surface area contributed by atoms with Crippen molar-refractivity contribution in [3.05, 3.63) is 48.0 Å². The molecule has 7 heteroatoms. The smallest absolute Gasteiger partial charge is 0.265 e. The van der Waals surface area contributed by atoms with Crippen LogP contribution in [0, 0.1) is 0 Å². The van der Waals surface area contributed by atoms with Gasteiger partial charge in [0.25, 0.3) is 5.91 Å². The van der Waals surface area contributed by atoms with Gasteiger partial charge in [0.2, 0.25) is 11.8 Å². The van der Waals surface area contributed by atoms with Crippen molar-refractivity contribution in [1.82, 2.24) is 0 Å². The van der Waals surface area contributed by atoms with Gasteiger partial charge in [-0.15, -0.1) is 0 Å². The van der Waals surface area contributed by atoms with E-state index in [2.05, 4.69) is 16.0 Å². The number of ether oxygens (including phenoxy) is 1. The van der Waals surface area contributed by atoms with Crippen molar-refractivity contribution in [3.8, 4) is 5.75 Å². The van der Waals surface area contributed by atoms with Crippen molar-refractivity contribution in [1.29, 1.82) is 0 Å². The lowest BCUT2D eigenvalue weighted by molar-refractivity contribution is -0.122. The van der Waals surface area contributed by atoms with Gasteiger partial charge < -0.3 is 20.7 Å². The number of anilines is 3. The fourth-order valence-electron chi connectivity index (χ4n) is 2.59. The molecular weight excluding hydrogens is 334 g/mol. The molecule has 0 aliphatic carbocycles. The Labute approximate surface area is 150 Å². The first-order valence-corrected chi connectivity index (χ1v) is 8.18. The molecule has 2 aromatic carbocycles. The molecule has 0 spiro atoms. The van der Waals surface area contributed by atoms with Crippen molar-refractivity contribution in [3.63, 3.8) is 0 Å². The first-order valence-electron chi connectivity index (χ1n) is 8.18. The number of hydrogen-bond acceptors (Lipinski definition) is 4. The molecule has 3 amide bonds. The Kier molecular flexibility index (Phi) is 4.88. The van der Waals surface area contributed by atoms with E-state index in [1.54, 1.807) is 49.4 Å². The van der Waals surface area contributed by atoms with Gasteiger partial charge in [-0.25, -0.2) is 0 Å². The highest BCUT2D eigenvalue weighted by atomic mass is 16.5. The summed E-state index contributed by atoms with van der Waals surface area (Å²) in [5.41, 5.74) is 2.61. The molecular formula is C19H19N3O4. The van der Waals surface area contributed by atoms with Gasteiger partial charge >= 0.3 is 0 Å². The summed E-state index contributed by atoms with van der Waals surface area (Å²) in [5.74, 6) is 0.0194. The van der Waals surface area contributed by atoms with E-state index < -0.39 is 6.10 Å². The highest BCUT2D eigenvalue weighted by Crippen LogP contribution is 2.32. The van der Waals surface area contributed by atoms with Crippen LogP contribution in [0.3, 0.4) is 0 Å². The fourth-order valence-corrected chi connectivity index (χ4v) is 2.59. The molecule has 0 radical (unpaired) electrons. The van der Waals surface area contributed by atoms with Crippen LogP contribution in [0.1, 0.15) is 19.4 Å². The van der Waals surface area contributed by atoms with Gasteiger partial charge in [0.15, 0.2) is 6.10 Å². The molecule has 1 atom stereocenters. The molecule has 26 heavy (non-hydrogen) atoms. The Morgan fingerprint density at radius 3 is 2.46 bits per heavy atom. The summed E-state index contributed by atoms with van der Waals surface area (Å²) in [7, 11) is 0. The van der Waals surface area contributed by atoms with E-state index in [0.717, 1.165) is 5.56 Å². The lowest BCUT2D eigenvalue weighted by atomic mass is 10.1. The summed E-state index contributed by atoms with van der Waals surface area (Å²) in [5, 5.41) is 8.22. The van der Waals surface area contributed by atoms with Gasteiger partial charge in [-0.1, -0.05) is 12.1 Å². The fraction of sp³-hybridized carbons (Fsp3) is 0.211. The highest BCUT2D eigenvalue weighted by molar-refractivity contribution is 5.99. The zero-order valence-electron chi connectivity index (χ0n) is 14.5. The van der Waals surface area contributed by atoms with E-state index in [1.807, 2.05) is 0 Å². The first-order chi connectivity index (χ1) is 12.4. The number of hydrogen-bond donors (Lipinski definition) is 3. The standard InChI is InChI=1S/C19H19N3O4/c1-11-19(25)22-16-10-15(7-8-17(16)26-11)21-18(24)9-13-3-5-14(6-4-13)20-12(2)23/h3-8,10-11H,9H2,1-2H3,(H,20,23)(H,21,24)(H,22,25)/t11-/m1/s1. The van der Waals surface area contributed by atoms with Gasteiger partial charge in [0, 0.05) is 18.3 Å². The van der Waals surface area contributed by atoms with Crippen molar-refractivity contribution in [2.75, 3.05) is 16.0 Å². The predicted octanol–water partition coefficient (Wildman–Crippen LogP) is 2.55. The molecule has 0 fully saturated rings. The Morgan fingerprint density at radius 2 is 1.77 bits per heavy atom. The SMILES string of the molecule is CC(=O)Nc1ccc(CC(=O)Nc2ccc3c(c2)NC(=O)[C@@H](C)O3)cc1. The average Bonchev–Trinajstić information content (AvgIpc) is 2.57. The normalized spacial score (nSPS) is 15.3. The molecule has 1 aliphatic rings. The summed E-state index contributed by atoms with van der Waals surface area (Å²) in [4.78, 5) is 34.9. The van der Waals surface area contributed by atoms with E-state index in [-0.39, 0.29) is 24.1 Å². The van der Waals surface area contributed by atoms with Crippen LogP contribution in [0.4, 0.5) is 17.1 Å². The molecule has 0 saturated heterocycles. The van der Waals surface area contributed by atoms with E-state index in [4.69, 9.17) is 4.74 Å². The zero-order valence-corrected chi connectivity index (χ0v) is 14.5. The van der Waals surface area contributed by atoms with Gasteiger partial charge in [-0.05, 0) is 42.8 Å². The quantitative estimate of drug-likeness (QED) is 0.787. The van der Waals surface area contributed by atoms with Crippen LogP contribution in [-0.2, 0) is 20.8 Å². The van der Waals surface area contributed by atoms with E-state index in [1.165, 1.54) is 6.92 Å². The van der Waals surface area contributed by atoms with Crippen LogP contribution >= 0.6 is 0 Å². The summed E-state index contributed by atoms with van der Waals surface area (Å²) in [6.07, 6.45) is -0.347. The van der Waals surface area contributed by atoms with Crippen LogP contribution in [-0.4, -0.2) is 23.8 Å². The minimum absolute atomic E-state index is 0.145. The molecule has 0 saturated carbocycles. The molecule has 3 N–H and O–H groups in total. The van der Waals surface area contributed by atoms with E-state index in [9.17, 15) is 14.4 Å². The highest BCUT2D eigenvalue weighted by Gasteiger charge is 2.23. The van der Waals surface area contributed by atoms with Crippen LogP contribution in [0.25, 0.3) is 0 Å². The second-order valence-corrected chi connectivity index (χ2v) is 6.06. The van der Waals surface area contributed by atoms with Crippen LogP contribution in [0.5, 0.6) is 5.75 Å². The number of fused-ring (bicyclic) bond motifs is 1. The number of amides is 3. The molecule has 0 unspecified atom stereocenters. The minimum Gasteiger partial charge on any atom is -0.479 e. The minimum atomic E-state index is -0.539. The number of carbonyl (C=O) groups is 3. The molecule has 134 valence electrons. The summed E-state index contributed by atoms with van der Waals surface area (Å²) in [6, 6.07) is 12.2. The largest absolute Gasteiger partial charge is 0.479 e. The molecule has 1 heterocycles. The Bertz CT molecular complexity index is 862. The van der Waals surface area contributed by atoms with Gasteiger partial charge in [-0.3, -0.25) is 14.4 Å². The average molecular weight is 353 g/mol. The zero-order chi connectivity index (χ0) is 18.7. The molecule has 3 rings (SSSR count). The maximum Gasteiger partial charge on any atom is 0.265 e. The number of rotatable bonds is 4. The summed E-state index contributed by atoms with van der Waals surface area (Å²) >= 11 is 0. The third-order valence-electron chi connectivity index (χ3n) is 3.83. The third-order valence-corrected chi connectivity index (χ3v) is 3.83. The maximum absolute atomic E-state index is 12.2. The van der Waals surface area contributed by atoms with Crippen LogP contribution < -0.4 is 20.7 Å². The predicted molar refractivity (Wildman–Crippen MR) is 98.2 cm³/mol. The Balaban J connectivity index is 1.62. The molecule has 2 aromatic rings. The van der Waals surface area contributed by atoms with Crippen LogP contribution in [0.2, 0.25) is 0 Å². The number of carbonyl (C=O) groups excluding carboxylic acids is 3. The number of benzene rings is 2. The van der Waals surface area contributed by atoms with Crippen molar-refractivity contribution >= 4 is 34.8 Å². The molecule has 0 bridgehead atoms. The van der Waals surface area contributed by atoms with Crippen LogP contribution in [0.15, 0.2) is 42.5 Å². The summed E-state index contributed by atoms with van der Waals surface area (Å²) < 4.78 is 5.48. The Morgan fingerprint density at radius 1 is 1.08 bits per heavy atom. The second kappa shape index (κ2) is 7.26. The second-order valence-electron chi connectivity index (χ2n) is 6.06. The third kappa shape index (κ3) is 4.18. The lowest BCUT2D eigenvalue weighted by Gasteiger charge is -2.23.